The molecule has 1 aliphatic rings. The monoisotopic (exact) mass is 438 g/mol. The van der Waals surface area contributed by atoms with Crippen LogP contribution in [0, 0.1) is 0 Å². The van der Waals surface area contributed by atoms with Gasteiger partial charge in [-0.3, -0.25) is 0 Å². The lowest BCUT2D eigenvalue weighted by molar-refractivity contribution is -0.139. The molecule has 1 aromatic carbocycles. The predicted molar refractivity (Wildman–Crippen MR) is 91.4 cm³/mol. The highest BCUT2D eigenvalue weighted by molar-refractivity contribution is 7.92. The number of piperidine rings is 1. The molecule has 1 saturated heterocycles. The molecule has 0 spiro atoms. The van der Waals surface area contributed by atoms with Gasteiger partial charge in [0.15, 0.2) is 0 Å². The summed E-state index contributed by atoms with van der Waals surface area (Å²) in [7, 11) is -6.78. The van der Waals surface area contributed by atoms with Crippen LogP contribution in [0.5, 0.6) is 0 Å². The molecule has 2 heterocycles. The number of aryl methyl sites for hydroxylation is 1. The molecule has 1 aromatic heterocycles. The van der Waals surface area contributed by atoms with Crippen molar-refractivity contribution in [1.29, 1.82) is 0 Å². The topological polar surface area (TPSA) is 102 Å². The van der Waals surface area contributed by atoms with Crippen molar-refractivity contribution in [2.24, 2.45) is 7.05 Å². The van der Waals surface area contributed by atoms with Gasteiger partial charge in [-0.2, -0.15) is 17.5 Å². The van der Waals surface area contributed by atoms with Crippen LogP contribution in [-0.2, 0) is 33.1 Å². The van der Waals surface area contributed by atoms with E-state index in [4.69, 9.17) is 0 Å². The molecule has 0 aliphatic carbocycles. The van der Waals surface area contributed by atoms with E-state index in [1.54, 1.807) is 0 Å². The van der Waals surface area contributed by atoms with E-state index in [9.17, 15) is 30.0 Å². The molecule has 1 fully saturated rings. The van der Waals surface area contributed by atoms with Gasteiger partial charge in [-0.1, -0.05) is 12.1 Å². The Morgan fingerprint density at radius 3 is 2.21 bits per heavy atom. The zero-order valence-electron chi connectivity index (χ0n) is 14.7. The van der Waals surface area contributed by atoms with Crippen molar-refractivity contribution in [3.8, 4) is 0 Å². The normalized spacial score (nSPS) is 17.7. The van der Waals surface area contributed by atoms with Crippen LogP contribution in [-0.4, -0.2) is 54.2 Å². The van der Waals surface area contributed by atoms with Gasteiger partial charge in [0, 0.05) is 20.1 Å². The van der Waals surface area contributed by atoms with Gasteiger partial charge >= 0.3 is 6.18 Å². The van der Waals surface area contributed by atoms with E-state index in [1.165, 1.54) is 24.0 Å². The second-order valence-electron chi connectivity index (χ2n) is 6.37. The summed E-state index contributed by atoms with van der Waals surface area (Å²) < 4.78 is 92.5. The fourth-order valence-corrected chi connectivity index (χ4v) is 6.55. The Morgan fingerprint density at radius 2 is 1.68 bits per heavy atom. The zero-order valence-corrected chi connectivity index (χ0v) is 16.3. The molecule has 1 aliphatic heterocycles. The van der Waals surface area contributed by atoms with Gasteiger partial charge in [0.1, 0.15) is 6.33 Å². The summed E-state index contributed by atoms with van der Waals surface area (Å²) in [6.45, 7) is -0.424. The number of hydrogen-bond acceptors (Lipinski definition) is 6. The van der Waals surface area contributed by atoms with Crippen LogP contribution in [0.4, 0.5) is 13.2 Å². The first kappa shape index (κ1) is 20.7. The molecule has 0 saturated carbocycles. The van der Waals surface area contributed by atoms with Gasteiger partial charge in [0.05, 0.1) is 15.7 Å². The van der Waals surface area contributed by atoms with Gasteiger partial charge < -0.3 is 4.57 Å². The fraction of sp³-hybridized carbons (Fsp3) is 0.467. The number of hydrogen-bond donors (Lipinski definition) is 0. The minimum absolute atomic E-state index is 0.0530. The highest BCUT2D eigenvalue weighted by atomic mass is 32.2. The average Bonchev–Trinajstić information content (AvgIpc) is 3.08. The lowest BCUT2D eigenvalue weighted by Gasteiger charge is -2.31. The van der Waals surface area contributed by atoms with Crippen molar-refractivity contribution in [3.63, 3.8) is 0 Å². The molecular formula is C15H17F3N4O4S2. The first-order valence-corrected chi connectivity index (χ1v) is 11.2. The van der Waals surface area contributed by atoms with E-state index in [0.29, 0.717) is 6.07 Å². The summed E-state index contributed by atoms with van der Waals surface area (Å²) in [6.07, 6.45) is -3.69. The minimum Gasteiger partial charge on any atom is -0.308 e. The molecule has 0 radical (unpaired) electrons. The second kappa shape index (κ2) is 7.12. The largest absolute Gasteiger partial charge is 0.417 e. The Hall–Kier alpha value is -1.99. The molecule has 8 nitrogen and oxygen atoms in total. The summed E-state index contributed by atoms with van der Waals surface area (Å²) in [5, 5.41) is 6.00. The van der Waals surface area contributed by atoms with Crippen molar-refractivity contribution in [1.82, 2.24) is 19.1 Å². The number of alkyl halides is 3. The minimum atomic E-state index is -4.82. The van der Waals surface area contributed by atoms with E-state index in [2.05, 4.69) is 10.2 Å². The third-order valence-corrected chi connectivity index (χ3v) is 8.76. The van der Waals surface area contributed by atoms with Gasteiger partial charge in [0.25, 0.3) is 0 Å². The molecule has 2 aromatic rings. The summed E-state index contributed by atoms with van der Waals surface area (Å²) in [5.74, 6) is 0. The standard InChI is InChI=1S/C15H17F3N4O4S2/c1-21-10-19-20-14(21)27(23,24)11-6-8-22(9-7-11)28(25,26)13-5-3-2-4-12(13)15(16,17)18/h2-5,10-11H,6-9H2,1H3. The molecule has 28 heavy (non-hydrogen) atoms. The SMILES string of the molecule is Cn1cnnc1S(=O)(=O)C1CCN(S(=O)(=O)c2ccccc2C(F)(F)F)CC1. The van der Waals surface area contributed by atoms with Crippen LogP contribution in [0.3, 0.4) is 0 Å². The van der Waals surface area contributed by atoms with Crippen LogP contribution < -0.4 is 0 Å². The lowest BCUT2D eigenvalue weighted by atomic mass is 10.2. The molecule has 154 valence electrons. The smallest absolute Gasteiger partial charge is 0.308 e. The van der Waals surface area contributed by atoms with Crippen molar-refractivity contribution in [2.75, 3.05) is 13.1 Å². The Kier molecular flexibility index (Phi) is 5.27. The molecule has 0 unspecified atom stereocenters. The molecule has 0 amide bonds. The van der Waals surface area contributed by atoms with Crippen molar-refractivity contribution < 1.29 is 30.0 Å². The molecule has 13 heteroatoms. The number of aromatic nitrogens is 3. The van der Waals surface area contributed by atoms with Crippen LogP contribution >= 0.6 is 0 Å². The van der Waals surface area contributed by atoms with Crippen LogP contribution in [0.2, 0.25) is 0 Å². The third kappa shape index (κ3) is 3.65. The number of nitrogens with zero attached hydrogens (tertiary/aromatic N) is 4. The number of halogens is 3. The summed E-state index contributed by atoms with van der Waals surface area (Å²) >= 11 is 0. The van der Waals surface area contributed by atoms with Gasteiger partial charge in [-0.25, -0.2) is 16.8 Å². The first-order chi connectivity index (χ1) is 13.0. The van der Waals surface area contributed by atoms with Crippen LogP contribution in [0.25, 0.3) is 0 Å². The highest BCUT2D eigenvalue weighted by Crippen LogP contribution is 2.36. The number of sulfonamides is 1. The number of sulfone groups is 1. The summed E-state index contributed by atoms with van der Waals surface area (Å²) in [6, 6.07) is 3.94. The molecular weight excluding hydrogens is 421 g/mol. The zero-order chi connectivity index (χ0) is 20.7. The lowest BCUT2D eigenvalue weighted by Crippen LogP contribution is -2.43. The van der Waals surface area contributed by atoms with Crippen LogP contribution in [0.15, 0.2) is 40.6 Å². The quantitative estimate of drug-likeness (QED) is 0.716. The molecule has 0 bridgehead atoms. The molecule has 0 atom stereocenters. The van der Waals surface area contributed by atoms with Gasteiger partial charge in [-0.15, -0.1) is 10.2 Å². The first-order valence-electron chi connectivity index (χ1n) is 8.20. The predicted octanol–water partition coefficient (Wildman–Crippen LogP) is 1.46. The van der Waals surface area contributed by atoms with Crippen molar-refractivity contribution >= 4 is 19.9 Å². The van der Waals surface area contributed by atoms with E-state index in [-0.39, 0.29) is 31.1 Å². The summed E-state index contributed by atoms with van der Waals surface area (Å²) in [5.41, 5.74) is -1.25. The molecule has 3 rings (SSSR count). The summed E-state index contributed by atoms with van der Waals surface area (Å²) in [4.78, 5) is -0.836. The van der Waals surface area contributed by atoms with Crippen LogP contribution in [0.1, 0.15) is 18.4 Å². The number of benzene rings is 1. The van der Waals surface area contributed by atoms with E-state index < -0.39 is 41.7 Å². The second-order valence-corrected chi connectivity index (χ2v) is 10.4. The van der Waals surface area contributed by atoms with Crippen molar-refractivity contribution in [2.45, 2.75) is 34.3 Å². The maximum absolute atomic E-state index is 13.2. The fourth-order valence-electron chi connectivity index (χ4n) is 3.13. The Morgan fingerprint density at radius 1 is 1.07 bits per heavy atom. The Bertz CT molecular complexity index is 1070. The number of rotatable bonds is 4. The Labute approximate surface area is 160 Å². The van der Waals surface area contributed by atoms with Crippen molar-refractivity contribution in [3.05, 3.63) is 36.2 Å². The highest BCUT2D eigenvalue weighted by Gasteiger charge is 2.41. The van der Waals surface area contributed by atoms with E-state index in [0.717, 1.165) is 16.4 Å². The van der Waals surface area contributed by atoms with E-state index in [1.807, 2.05) is 0 Å². The van der Waals surface area contributed by atoms with E-state index >= 15 is 0 Å². The molecule has 0 N–H and O–H groups in total. The maximum Gasteiger partial charge on any atom is 0.417 e. The maximum atomic E-state index is 13.2. The third-order valence-electron chi connectivity index (χ3n) is 4.57. The van der Waals surface area contributed by atoms with Gasteiger partial charge in [-0.05, 0) is 25.0 Å². The Balaban J connectivity index is 1.83. The average molecular weight is 438 g/mol. The van der Waals surface area contributed by atoms with Gasteiger partial charge in [0.2, 0.25) is 25.0 Å².